The van der Waals surface area contributed by atoms with Crippen molar-refractivity contribution in [3.63, 3.8) is 0 Å². The third-order valence-electron chi connectivity index (χ3n) is 5.69. The van der Waals surface area contributed by atoms with Crippen molar-refractivity contribution in [3.8, 4) is 0 Å². The topological polar surface area (TPSA) is 90.0 Å². The van der Waals surface area contributed by atoms with Crippen LogP contribution < -0.4 is 9.62 Å². The molecule has 2 rings (SSSR count). The molecular formula is C24H31Cl2FN4O4S. The summed E-state index contributed by atoms with van der Waals surface area (Å²) in [6.07, 6.45) is 0.683. The summed E-state index contributed by atoms with van der Waals surface area (Å²) in [4.78, 5) is 27.8. The standard InChI is InChI=1S/C24H31Cl2FN4O4S/c1-6-16(2)28-24(33)17(3)30(14-20-21(25)8-7-9-22(20)26)23(32)15-31(36(34,35)29(4)5)19-12-10-18(27)11-13-19/h7-13,16-17H,6,14-15H2,1-5H3,(H,28,33)/t16-,17+/m1/s1. The molecule has 0 unspecified atom stereocenters. The molecule has 0 aliphatic heterocycles. The highest BCUT2D eigenvalue weighted by Crippen LogP contribution is 2.27. The van der Waals surface area contributed by atoms with Crippen LogP contribution in [0.15, 0.2) is 42.5 Å². The van der Waals surface area contributed by atoms with E-state index in [1.807, 2.05) is 13.8 Å². The predicted octanol–water partition coefficient (Wildman–Crippen LogP) is 4.08. The third kappa shape index (κ3) is 7.32. The van der Waals surface area contributed by atoms with Crippen LogP contribution in [-0.2, 0) is 26.3 Å². The summed E-state index contributed by atoms with van der Waals surface area (Å²) >= 11 is 12.7. The second-order valence-corrected chi connectivity index (χ2v) is 11.4. The van der Waals surface area contributed by atoms with Crippen LogP contribution in [0.5, 0.6) is 0 Å². The Hall–Kier alpha value is -2.40. The van der Waals surface area contributed by atoms with Crippen molar-refractivity contribution in [2.75, 3.05) is 24.9 Å². The van der Waals surface area contributed by atoms with E-state index in [4.69, 9.17) is 23.2 Å². The molecule has 0 heterocycles. The smallest absolute Gasteiger partial charge is 0.304 e. The number of carbonyl (C=O) groups excluding carboxylic acids is 2. The molecule has 0 saturated heterocycles. The maximum atomic E-state index is 13.7. The number of nitrogens with one attached hydrogen (secondary N) is 1. The normalized spacial score (nSPS) is 13.2. The van der Waals surface area contributed by atoms with Gasteiger partial charge in [-0.15, -0.1) is 0 Å². The van der Waals surface area contributed by atoms with Gasteiger partial charge < -0.3 is 10.2 Å². The lowest BCUT2D eigenvalue weighted by Crippen LogP contribution is -2.53. The number of carbonyl (C=O) groups is 2. The zero-order valence-corrected chi connectivity index (χ0v) is 23.2. The van der Waals surface area contributed by atoms with Gasteiger partial charge >= 0.3 is 10.2 Å². The highest BCUT2D eigenvalue weighted by Gasteiger charge is 2.33. The summed E-state index contributed by atoms with van der Waals surface area (Å²) in [7, 11) is -1.51. The molecule has 0 bridgehead atoms. The van der Waals surface area contributed by atoms with Crippen LogP contribution >= 0.6 is 23.2 Å². The molecule has 12 heteroatoms. The van der Waals surface area contributed by atoms with Gasteiger partial charge in [0.05, 0.1) is 5.69 Å². The molecule has 2 aromatic rings. The summed E-state index contributed by atoms with van der Waals surface area (Å²) in [5, 5.41) is 3.43. The lowest BCUT2D eigenvalue weighted by Gasteiger charge is -2.33. The zero-order valence-electron chi connectivity index (χ0n) is 20.8. The molecular weight excluding hydrogens is 530 g/mol. The second kappa shape index (κ2) is 12.7. The van der Waals surface area contributed by atoms with E-state index in [1.54, 1.807) is 25.1 Å². The maximum absolute atomic E-state index is 13.7. The van der Waals surface area contributed by atoms with Gasteiger partial charge in [0.25, 0.3) is 0 Å². The lowest BCUT2D eigenvalue weighted by atomic mass is 10.1. The van der Waals surface area contributed by atoms with Crippen LogP contribution in [-0.4, -0.2) is 62.2 Å². The van der Waals surface area contributed by atoms with Crippen molar-refractivity contribution in [1.82, 2.24) is 14.5 Å². The van der Waals surface area contributed by atoms with Crippen molar-refractivity contribution >= 4 is 50.9 Å². The van der Waals surface area contributed by atoms with Crippen molar-refractivity contribution in [2.24, 2.45) is 0 Å². The average molecular weight is 562 g/mol. The van der Waals surface area contributed by atoms with E-state index in [9.17, 15) is 22.4 Å². The van der Waals surface area contributed by atoms with E-state index >= 15 is 0 Å². The van der Waals surface area contributed by atoms with Crippen LogP contribution in [0.1, 0.15) is 32.8 Å². The van der Waals surface area contributed by atoms with Gasteiger partial charge in [0.15, 0.2) is 0 Å². The number of amides is 2. The van der Waals surface area contributed by atoms with Gasteiger partial charge in [-0.2, -0.15) is 12.7 Å². The number of anilines is 1. The molecule has 0 saturated carbocycles. The third-order valence-corrected chi connectivity index (χ3v) is 8.22. The highest BCUT2D eigenvalue weighted by molar-refractivity contribution is 7.90. The van der Waals surface area contributed by atoms with Crippen molar-refractivity contribution in [1.29, 1.82) is 0 Å². The Kier molecular flexibility index (Phi) is 10.5. The van der Waals surface area contributed by atoms with Gasteiger partial charge in [-0.1, -0.05) is 36.2 Å². The first kappa shape index (κ1) is 29.8. The lowest BCUT2D eigenvalue weighted by molar-refractivity contribution is -0.139. The molecule has 8 nitrogen and oxygen atoms in total. The molecule has 2 atom stereocenters. The van der Waals surface area contributed by atoms with E-state index in [2.05, 4.69) is 5.32 Å². The first-order valence-corrected chi connectivity index (χ1v) is 13.4. The molecule has 198 valence electrons. The Morgan fingerprint density at radius 1 is 1.03 bits per heavy atom. The van der Waals surface area contributed by atoms with Crippen LogP contribution in [0.3, 0.4) is 0 Å². The van der Waals surface area contributed by atoms with E-state index in [1.165, 1.54) is 31.1 Å². The largest absolute Gasteiger partial charge is 0.352 e. The fourth-order valence-corrected chi connectivity index (χ4v) is 4.80. The van der Waals surface area contributed by atoms with E-state index in [-0.39, 0.29) is 18.3 Å². The second-order valence-electron chi connectivity index (χ2n) is 8.49. The molecule has 0 aliphatic carbocycles. The van der Waals surface area contributed by atoms with Crippen molar-refractivity contribution in [3.05, 3.63) is 63.9 Å². The Morgan fingerprint density at radius 3 is 2.08 bits per heavy atom. The number of hydrogen-bond acceptors (Lipinski definition) is 4. The van der Waals surface area contributed by atoms with Gasteiger partial charge in [-0.25, -0.2) is 8.70 Å². The minimum absolute atomic E-state index is 0.0888. The highest BCUT2D eigenvalue weighted by atomic mass is 35.5. The molecule has 0 fully saturated rings. The molecule has 0 radical (unpaired) electrons. The molecule has 1 N–H and O–H groups in total. The van der Waals surface area contributed by atoms with Crippen LogP contribution in [0, 0.1) is 5.82 Å². The minimum atomic E-state index is -4.15. The fourth-order valence-electron chi connectivity index (χ4n) is 3.23. The predicted molar refractivity (Wildman–Crippen MR) is 141 cm³/mol. The average Bonchev–Trinajstić information content (AvgIpc) is 2.82. The molecule has 0 spiro atoms. The van der Waals surface area contributed by atoms with E-state index in [0.29, 0.717) is 22.0 Å². The summed E-state index contributed by atoms with van der Waals surface area (Å²) in [5.41, 5.74) is 0.507. The Morgan fingerprint density at radius 2 is 1.58 bits per heavy atom. The van der Waals surface area contributed by atoms with Crippen LogP contribution in [0.25, 0.3) is 0 Å². The van der Waals surface area contributed by atoms with Crippen LogP contribution in [0.4, 0.5) is 10.1 Å². The number of rotatable bonds is 11. The Labute approximate surface area is 222 Å². The fraction of sp³-hybridized carbons (Fsp3) is 0.417. The number of halogens is 3. The Bertz CT molecular complexity index is 1160. The maximum Gasteiger partial charge on any atom is 0.304 e. The number of nitrogens with zero attached hydrogens (tertiary/aromatic N) is 3. The number of benzene rings is 2. The quantitative estimate of drug-likeness (QED) is 0.448. The monoisotopic (exact) mass is 560 g/mol. The summed E-state index contributed by atoms with van der Waals surface area (Å²) in [6, 6.07) is 8.48. The van der Waals surface area contributed by atoms with Gasteiger partial charge in [0.2, 0.25) is 11.8 Å². The van der Waals surface area contributed by atoms with E-state index < -0.39 is 40.4 Å². The molecule has 36 heavy (non-hydrogen) atoms. The summed E-state index contributed by atoms with van der Waals surface area (Å²) < 4.78 is 41.5. The van der Waals surface area contributed by atoms with Crippen LogP contribution in [0.2, 0.25) is 10.0 Å². The van der Waals surface area contributed by atoms with Crippen molar-refractivity contribution < 1.29 is 22.4 Å². The van der Waals surface area contributed by atoms with Gasteiger partial charge in [-0.3, -0.25) is 9.59 Å². The van der Waals surface area contributed by atoms with Gasteiger partial charge in [-0.05, 0) is 56.7 Å². The van der Waals surface area contributed by atoms with E-state index in [0.717, 1.165) is 20.7 Å². The van der Waals surface area contributed by atoms with Gasteiger partial charge in [0.1, 0.15) is 18.4 Å². The zero-order chi connectivity index (χ0) is 27.2. The Balaban J connectivity index is 2.50. The first-order valence-electron chi connectivity index (χ1n) is 11.3. The minimum Gasteiger partial charge on any atom is -0.352 e. The summed E-state index contributed by atoms with van der Waals surface area (Å²) in [6.45, 7) is 4.51. The molecule has 0 aliphatic rings. The molecule has 2 aromatic carbocycles. The molecule has 0 aromatic heterocycles. The molecule has 2 amide bonds. The summed E-state index contributed by atoms with van der Waals surface area (Å²) in [5.74, 6) is -1.64. The number of hydrogen-bond donors (Lipinski definition) is 1. The van der Waals surface area contributed by atoms with Crippen molar-refractivity contribution in [2.45, 2.75) is 45.8 Å². The van der Waals surface area contributed by atoms with Gasteiger partial charge in [0, 0.05) is 42.3 Å². The SMILES string of the molecule is CC[C@@H](C)NC(=O)[C@H](C)N(Cc1c(Cl)cccc1Cl)C(=O)CN(c1ccc(F)cc1)S(=O)(=O)N(C)C. The first-order chi connectivity index (χ1) is 16.8.